The largest absolute Gasteiger partial charge is 0.385 e. The molecule has 0 spiro atoms. The average molecular weight is 369 g/mol. The van der Waals surface area contributed by atoms with Crippen molar-refractivity contribution in [1.29, 1.82) is 0 Å². The molecule has 0 bridgehead atoms. The molecule has 0 atom stereocenters. The van der Waals surface area contributed by atoms with Crippen molar-refractivity contribution in [3.63, 3.8) is 0 Å². The monoisotopic (exact) mass is 368 g/mol. The number of hydrogen-bond acceptors (Lipinski definition) is 2. The molecule has 0 saturated heterocycles. The minimum atomic E-state index is 0. The summed E-state index contributed by atoms with van der Waals surface area (Å²) in [5, 5.41) is 6.12. The van der Waals surface area contributed by atoms with Gasteiger partial charge in [-0.15, -0.1) is 12.4 Å². The Kier molecular flexibility index (Phi) is 7.35. The normalized spacial score (nSPS) is 10.4. The second-order valence-corrected chi connectivity index (χ2v) is 6.36. The van der Waals surface area contributed by atoms with Crippen LogP contribution in [0.25, 0.3) is 10.8 Å². The Morgan fingerprint density at radius 1 is 0.769 bits per heavy atom. The lowest BCUT2D eigenvalue weighted by molar-refractivity contribution is 0.866. The van der Waals surface area contributed by atoms with Crippen LogP contribution < -0.4 is 10.2 Å². The second kappa shape index (κ2) is 9.49. The van der Waals surface area contributed by atoms with E-state index >= 15 is 0 Å². The van der Waals surface area contributed by atoms with Crippen LogP contribution in [0, 0.1) is 0 Å². The third-order valence-electron chi connectivity index (χ3n) is 4.84. The van der Waals surface area contributed by atoms with Gasteiger partial charge in [0.25, 0.3) is 0 Å². The summed E-state index contributed by atoms with van der Waals surface area (Å²) in [6, 6.07) is 22.2. The molecule has 0 aliphatic heterocycles. The van der Waals surface area contributed by atoms with Gasteiger partial charge < -0.3 is 10.2 Å². The fourth-order valence-electron chi connectivity index (χ4n) is 3.49. The first-order valence-corrected chi connectivity index (χ1v) is 9.35. The zero-order chi connectivity index (χ0) is 17.6. The molecule has 3 heteroatoms. The predicted molar refractivity (Wildman–Crippen MR) is 118 cm³/mol. The first-order chi connectivity index (χ1) is 12.3. The Morgan fingerprint density at radius 2 is 1.42 bits per heavy atom. The fraction of sp³-hybridized carbons (Fsp3) is 0.304. The zero-order valence-corrected chi connectivity index (χ0v) is 16.8. The molecule has 3 aromatic rings. The molecule has 0 aromatic heterocycles. The molecule has 0 radical (unpaired) electrons. The first kappa shape index (κ1) is 20.1. The highest BCUT2D eigenvalue weighted by molar-refractivity contribution is 5.96. The summed E-state index contributed by atoms with van der Waals surface area (Å²) < 4.78 is 0. The Bertz CT molecular complexity index is 823. The fourth-order valence-corrected chi connectivity index (χ4v) is 3.49. The quantitative estimate of drug-likeness (QED) is 0.539. The smallest absolute Gasteiger partial charge is 0.0419 e. The number of nitrogens with one attached hydrogen (secondary N) is 1. The van der Waals surface area contributed by atoms with Gasteiger partial charge in [0.05, 0.1) is 0 Å². The van der Waals surface area contributed by atoms with Gasteiger partial charge in [-0.3, -0.25) is 0 Å². The predicted octanol–water partition coefficient (Wildman–Crippen LogP) is 6.13. The number of rotatable bonds is 7. The van der Waals surface area contributed by atoms with Crippen LogP contribution in [-0.4, -0.2) is 19.6 Å². The molecule has 0 unspecified atom stereocenters. The van der Waals surface area contributed by atoms with E-state index in [-0.39, 0.29) is 12.4 Å². The van der Waals surface area contributed by atoms with Gasteiger partial charge in [-0.1, -0.05) is 42.5 Å². The van der Waals surface area contributed by atoms with Crippen molar-refractivity contribution < 1.29 is 0 Å². The van der Waals surface area contributed by atoms with Gasteiger partial charge in [0.2, 0.25) is 0 Å². The van der Waals surface area contributed by atoms with Crippen molar-refractivity contribution in [3.8, 4) is 0 Å². The van der Waals surface area contributed by atoms with E-state index in [0.717, 1.165) is 26.1 Å². The highest BCUT2D eigenvalue weighted by Crippen LogP contribution is 2.28. The molecule has 0 amide bonds. The molecule has 0 aliphatic rings. The van der Waals surface area contributed by atoms with Gasteiger partial charge in [-0.25, -0.2) is 0 Å². The van der Waals surface area contributed by atoms with Crippen molar-refractivity contribution in [1.82, 2.24) is 0 Å². The van der Waals surface area contributed by atoms with E-state index in [9.17, 15) is 0 Å². The van der Waals surface area contributed by atoms with Crippen LogP contribution in [0.15, 0.2) is 60.7 Å². The van der Waals surface area contributed by atoms with Crippen molar-refractivity contribution in [2.75, 3.05) is 29.9 Å². The van der Waals surface area contributed by atoms with Gasteiger partial charge >= 0.3 is 0 Å². The number of nitrogens with zero attached hydrogens (tertiary/aromatic N) is 1. The maximum absolute atomic E-state index is 3.47. The lowest BCUT2D eigenvalue weighted by Gasteiger charge is -2.21. The van der Waals surface area contributed by atoms with Crippen molar-refractivity contribution in [3.05, 3.63) is 71.8 Å². The Labute approximate surface area is 163 Å². The molecule has 138 valence electrons. The van der Waals surface area contributed by atoms with Crippen molar-refractivity contribution in [2.24, 2.45) is 0 Å². The Balaban J connectivity index is 0.00000243. The molecule has 0 saturated carbocycles. The molecule has 3 aromatic carbocycles. The topological polar surface area (TPSA) is 15.3 Å². The zero-order valence-electron chi connectivity index (χ0n) is 16.0. The molecule has 0 aliphatic carbocycles. The SMILES string of the molecule is CCNc1ccc(Cc2ccc(N(CC)CC)cc2)c2ccccc12.Cl. The highest BCUT2D eigenvalue weighted by Gasteiger charge is 2.07. The van der Waals surface area contributed by atoms with E-state index in [1.165, 1.54) is 33.3 Å². The molecule has 26 heavy (non-hydrogen) atoms. The van der Waals surface area contributed by atoms with Gasteiger partial charge in [-0.2, -0.15) is 0 Å². The number of fused-ring (bicyclic) bond motifs is 1. The third-order valence-corrected chi connectivity index (χ3v) is 4.84. The summed E-state index contributed by atoms with van der Waals surface area (Å²) in [7, 11) is 0. The van der Waals surface area contributed by atoms with Crippen LogP contribution in [0.2, 0.25) is 0 Å². The van der Waals surface area contributed by atoms with E-state index in [1.54, 1.807) is 0 Å². The molecule has 0 heterocycles. The molecule has 0 fully saturated rings. The van der Waals surface area contributed by atoms with Crippen LogP contribution in [-0.2, 0) is 6.42 Å². The van der Waals surface area contributed by atoms with E-state index in [2.05, 4.69) is 91.7 Å². The standard InChI is InChI=1S/C23H28N2.ClH/c1-4-24-23-16-13-19(21-9-7-8-10-22(21)23)17-18-11-14-20(15-12-18)25(5-2)6-3;/h7-16,24H,4-6,17H2,1-3H3;1H. The van der Waals surface area contributed by atoms with Crippen LogP contribution in [0.4, 0.5) is 11.4 Å². The summed E-state index contributed by atoms with van der Waals surface area (Å²) in [6.45, 7) is 9.58. The average Bonchev–Trinajstić information content (AvgIpc) is 2.66. The lowest BCUT2D eigenvalue weighted by atomic mass is 9.97. The van der Waals surface area contributed by atoms with Gasteiger partial charge in [0.1, 0.15) is 0 Å². The minimum Gasteiger partial charge on any atom is -0.385 e. The van der Waals surface area contributed by atoms with Gasteiger partial charge in [0, 0.05) is 36.4 Å². The number of benzene rings is 3. The Morgan fingerprint density at radius 3 is 2.04 bits per heavy atom. The van der Waals surface area contributed by atoms with Gasteiger partial charge in [-0.05, 0) is 61.9 Å². The lowest BCUT2D eigenvalue weighted by Crippen LogP contribution is -2.21. The van der Waals surface area contributed by atoms with Crippen LogP contribution in [0.5, 0.6) is 0 Å². The molecule has 2 nitrogen and oxygen atoms in total. The van der Waals surface area contributed by atoms with Crippen molar-refractivity contribution >= 4 is 34.6 Å². The number of anilines is 2. The number of hydrogen-bond donors (Lipinski definition) is 1. The van der Waals surface area contributed by atoms with E-state index < -0.39 is 0 Å². The Hall–Kier alpha value is -2.19. The minimum absolute atomic E-state index is 0. The summed E-state index contributed by atoms with van der Waals surface area (Å²) in [6.07, 6.45) is 0.964. The third kappa shape index (κ3) is 4.31. The maximum atomic E-state index is 3.47. The second-order valence-electron chi connectivity index (χ2n) is 6.36. The molecular formula is C23H29ClN2. The molecule has 1 N–H and O–H groups in total. The first-order valence-electron chi connectivity index (χ1n) is 9.35. The molecular weight excluding hydrogens is 340 g/mol. The summed E-state index contributed by atoms with van der Waals surface area (Å²) in [5.41, 5.74) is 5.27. The summed E-state index contributed by atoms with van der Waals surface area (Å²) in [5.74, 6) is 0. The molecule has 3 rings (SSSR count). The highest BCUT2D eigenvalue weighted by atomic mass is 35.5. The van der Waals surface area contributed by atoms with Gasteiger partial charge in [0.15, 0.2) is 0 Å². The van der Waals surface area contributed by atoms with E-state index in [0.29, 0.717) is 0 Å². The van der Waals surface area contributed by atoms with Crippen LogP contribution >= 0.6 is 12.4 Å². The van der Waals surface area contributed by atoms with Crippen LogP contribution in [0.1, 0.15) is 31.9 Å². The number of halogens is 1. The summed E-state index contributed by atoms with van der Waals surface area (Å²) in [4.78, 5) is 2.38. The van der Waals surface area contributed by atoms with Crippen LogP contribution in [0.3, 0.4) is 0 Å². The summed E-state index contributed by atoms with van der Waals surface area (Å²) >= 11 is 0. The van der Waals surface area contributed by atoms with E-state index in [4.69, 9.17) is 0 Å². The maximum Gasteiger partial charge on any atom is 0.0419 e. The van der Waals surface area contributed by atoms with E-state index in [1.807, 2.05) is 0 Å². The van der Waals surface area contributed by atoms with Crippen molar-refractivity contribution in [2.45, 2.75) is 27.2 Å².